The summed E-state index contributed by atoms with van der Waals surface area (Å²) in [5.74, 6) is 0.748. The van der Waals surface area contributed by atoms with Gasteiger partial charge < -0.3 is 5.32 Å². The summed E-state index contributed by atoms with van der Waals surface area (Å²) >= 11 is 0. The first-order chi connectivity index (χ1) is 8.52. The lowest BCUT2D eigenvalue weighted by atomic mass is 10.2. The Balaban J connectivity index is 2.21. The molecule has 2 aromatic heterocycles. The molecule has 6 heteroatoms. The Morgan fingerprint density at radius 1 is 1.28 bits per heavy atom. The molecule has 2 rings (SSSR count). The van der Waals surface area contributed by atoms with Crippen LogP contribution in [0.1, 0.15) is 22.5 Å². The van der Waals surface area contributed by atoms with Crippen LogP contribution in [0, 0.1) is 25.2 Å². The normalized spacial score (nSPS) is 10.4. The van der Waals surface area contributed by atoms with E-state index in [4.69, 9.17) is 5.26 Å². The molecule has 0 aromatic carbocycles. The maximum atomic E-state index is 9.11. The van der Waals surface area contributed by atoms with Crippen LogP contribution in [0.25, 0.3) is 0 Å². The molecule has 0 unspecified atom stereocenters. The molecule has 94 valence electrons. The van der Waals surface area contributed by atoms with Crippen LogP contribution in [0.3, 0.4) is 0 Å². The molecular formula is C12H16N6. The van der Waals surface area contributed by atoms with Gasteiger partial charge in [0.1, 0.15) is 17.5 Å². The molecule has 0 atom stereocenters. The number of hydrogen-bond acceptors (Lipinski definition) is 4. The van der Waals surface area contributed by atoms with E-state index in [1.54, 1.807) is 9.36 Å². The molecule has 1 N–H and O–H groups in total. The maximum absolute atomic E-state index is 9.11. The molecule has 0 saturated heterocycles. The van der Waals surface area contributed by atoms with Gasteiger partial charge in [-0.3, -0.25) is 9.36 Å². The van der Waals surface area contributed by atoms with Crippen LogP contribution in [0.2, 0.25) is 0 Å². The standard InChI is InChI=1S/C12H16N6/c1-8-10(7-17(3)15-8)6-14-12-11(5-13)9(2)16-18(12)4/h7,14H,6H2,1-4H3. The Bertz CT molecular complexity index is 613. The second kappa shape index (κ2) is 4.53. The third kappa shape index (κ3) is 2.07. The first-order valence-electron chi connectivity index (χ1n) is 5.69. The van der Waals surface area contributed by atoms with Gasteiger partial charge in [0.15, 0.2) is 0 Å². The summed E-state index contributed by atoms with van der Waals surface area (Å²) in [5, 5.41) is 20.9. The van der Waals surface area contributed by atoms with E-state index in [9.17, 15) is 0 Å². The molecule has 6 nitrogen and oxygen atoms in total. The van der Waals surface area contributed by atoms with E-state index in [2.05, 4.69) is 21.6 Å². The fourth-order valence-corrected chi connectivity index (χ4v) is 2.00. The zero-order valence-electron chi connectivity index (χ0n) is 11.0. The van der Waals surface area contributed by atoms with Crippen LogP contribution < -0.4 is 5.32 Å². The number of hydrogen-bond donors (Lipinski definition) is 1. The molecule has 0 bridgehead atoms. The number of anilines is 1. The number of nitrogens with one attached hydrogen (secondary N) is 1. The zero-order chi connectivity index (χ0) is 13.3. The fourth-order valence-electron chi connectivity index (χ4n) is 2.00. The molecular weight excluding hydrogens is 228 g/mol. The largest absolute Gasteiger partial charge is 0.365 e. The first-order valence-corrected chi connectivity index (χ1v) is 5.69. The summed E-state index contributed by atoms with van der Waals surface area (Å²) in [6.07, 6.45) is 1.97. The van der Waals surface area contributed by atoms with Gasteiger partial charge in [-0.25, -0.2) is 0 Å². The van der Waals surface area contributed by atoms with Gasteiger partial charge in [0.25, 0.3) is 0 Å². The average molecular weight is 244 g/mol. The maximum Gasteiger partial charge on any atom is 0.142 e. The van der Waals surface area contributed by atoms with E-state index in [0.717, 1.165) is 22.8 Å². The Hall–Kier alpha value is -2.29. The highest BCUT2D eigenvalue weighted by molar-refractivity contribution is 5.55. The van der Waals surface area contributed by atoms with Gasteiger partial charge in [-0.2, -0.15) is 15.5 Å². The first kappa shape index (κ1) is 12.2. The number of rotatable bonds is 3. The molecule has 0 fully saturated rings. The van der Waals surface area contributed by atoms with Gasteiger partial charge in [-0.15, -0.1) is 0 Å². The number of aromatic nitrogens is 4. The van der Waals surface area contributed by atoms with Crippen molar-refractivity contribution in [2.24, 2.45) is 14.1 Å². The minimum Gasteiger partial charge on any atom is -0.365 e. The van der Waals surface area contributed by atoms with Crippen molar-refractivity contribution in [2.75, 3.05) is 5.32 Å². The number of nitriles is 1. The lowest BCUT2D eigenvalue weighted by Crippen LogP contribution is -2.06. The summed E-state index contributed by atoms with van der Waals surface area (Å²) in [4.78, 5) is 0. The van der Waals surface area contributed by atoms with E-state index in [1.807, 2.05) is 34.1 Å². The average Bonchev–Trinajstić information content (AvgIpc) is 2.75. The Kier molecular flexibility index (Phi) is 3.06. The lowest BCUT2D eigenvalue weighted by Gasteiger charge is -2.06. The van der Waals surface area contributed by atoms with Gasteiger partial charge in [0.05, 0.1) is 11.4 Å². The van der Waals surface area contributed by atoms with Gasteiger partial charge >= 0.3 is 0 Å². The molecule has 0 amide bonds. The highest BCUT2D eigenvalue weighted by atomic mass is 15.3. The molecule has 0 radical (unpaired) electrons. The molecule has 2 aromatic rings. The topological polar surface area (TPSA) is 71.5 Å². The molecule has 0 aliphatic carbocycles. The van der Waals surface area contributed by atoms with Gasteiger partial charge in [0.2, 0.25) is 0 Å². The Morgan fingerprint density at radius 3 is 2.56 bits per heavy atom. The third-order valence-corrected chi connectivity index (χ3v) is 2.90. The molecule has 0 spiro atoms. The van der Waals surface area contributed by atoms with Crippen molar-refractivity contribution in [3.63, 3.8) is 0 Å². The summed E-state index contributed by atoms with van der Waals surface area (Å²) in [7, 11) is 3.72. The van der Waals surface area contributed by atoms with Crippen LogP contribution in [0.15, 0.2) is 6.20 Å². The van der Waals surface area contributed by atoms with Crippen LogP contribution in [0.4, 0.5) is 5.82 Å². The molecule has 0 aliphatic rings. The Labute approximate surface area is 106 Å². The second-order valence-electron chi connectivity index (χ2n) is 4.31. The molecule has 0 saturated carbocycles. The summed E-state index contributed by atoms with van der Waals surface area (Å²) in [6, 6.07) is 2.17. The van der Waals surface area contributed by atoms with E-state index in [-0.39, 0.29) is 0 Å². The van der Waals surface area contributed by atoms with Crippen LogP contribution in [-0.2, 0) is 20.6 Å². The smallest absolute Gasteiger partial charge is 0.142 e. The molecule has 0 aliphatic heterocycles. The monoisotopic (exact) mass is 244 g/mol. The summed E-state index contributed by atoms with van der Waals surface area (Å²) in [6.45, 7) is 4.43. The van der Waals surface area contributed by atoms with Crippen molar-refractivity contribution in [3.05, 3.63) is 28.7 Å². The predicted molar refractivity (Wildman–Crippen MR) is 67.9 cm³/mol. The van der Waals surface area contributed by atoms with Crippen LogP contribution in [0.5, 0.6) is 0 Å². The minimum absolute atomic E-state index is 0.596. The van der Waals surface area contributed by atoms with Gasteiger partial charge in [-0.05, 0) is 13.8 Å². The van der Waals surface area contributed by atoms with Crippen molar-refractivity contribution >= 4 is 5.82 Å². The second-order valence-corrected chi connectivity index (χ2v) is 4.31. The van der Waals surface area contributed by atoms with Gasteiger partial charge in [-0.1, -0.05) is 0 Å². The van der Waals surface area contributed by atoms with E-state index < -0.39 is 0 Å². The van der Waals surface area contributed by atoms with Crippen molar-refractivity contribution in [2.45, 2.75) is 20.4 Å². The summed E-state index contributed by atoms with van der Waals surface area (Å²) < 4.78 is 3.48. The van der Waals surface area contributed by atoms with Crippen molar-refractivity contribution in [1.82, 2.24) is 19.6 Å². The lowest BCUT2D eigenvalue weighted by molar-refractivity contribution is 0.755. The van der Waals surface area contributed by atoms with Crippen LogP contribution >= 0.6 is 0 Å². The highest BCUT2D eigenvalue weighted by Gasteiger charge is 2.13. The third-order valence-electron chi connectivity index (χ3n) is 2.90. The van der Waals surface area contributed by atoms with Crippen molar-refractivity contribution in [1.29, 1.82) is 5.26 Å². The fraction of sp³-hybridized carbons (Fsp3) is 0.417. The van der Waals surface area contributed by atoms with E-state index in [0.29, 0.717) is 12.1 Å². The minimum atomic E-state index is 0.596. The van der Waals surface area contributed by atoms with Crippen molar-refractivity contribution in [3.8, 4) is 6.07 Å². The number of nitrogens with zero attached hydrogens (tertiary/aromatic N) is 5. The number of aryl methyl sites for hydroxylation is 4. The SMILES string of the molecule is Cc1nn(C)cc1CNc1c(C#N)c(C)nn1C. The quantitative estimate of drug-likeness (QED) is 0.882. The zero-order valence-corrected chi connectivity index (χ0v) is 11.0. The van der Waals surface area contributed by atoms with E-state index in [1.165, 1.54) is 0 Å². The molecule has 2 heterocycles. The summed E-state index contributed by atoms with van der Waals surface area (Å²) in [5.41, 5.74) is 3.44. The predicted octanol–water partition coefficient (Wildman–Crippen LogP) is 1.25. The van der Waals surface area contributed by atoms with Crippen molar-refractivity contribution < 1.29 is 0 Å². The highest BCUT2D eigenvalue weighted by Crippen LogP contribution is 2.18. The Morgan fingerprint density at radius 2 is 2.00 bits per heavy atom. The molecule has 18 heavy (non-hydrogen) atoms. The van der Waals surface area contributed by atoms with Gasteiger partial charge in [0, 0.05) is 32.4 Å². The van der Waals surface area contributed by atoms with Crippen LogP contribution in [-0.4, -0.2) is 19.6 Å². The van der Waals surface area contributed by atoms with E-state index >= 15 is 0 Å².